The van der Waals surface area contributed by atoms with Crippen LogP contribution in [0.5, 0.6) is 0 Å². The zero-order valence-corrected chi connectivity index (χ0v) is 10.0. The Labute approximate surface area is 104 Å². The van der Waals surface area contributed by atoms with Crippen molar-refractivity contribution in [3.8, 4) is 11.1 Å². The highest BCUT2D eigenvalue weighted by Crippen LogP contribution is 2.26. The predicted octanol–water partition coefficient (Wildman–Crippen LogP) is 2.82. The third-order valence-electron chi connectivity index (χ3n) is 2.19. The van der Waals surface area contributed by atoms with Crippen LogP contribution in [0.4, 0.5) is 0 Å². The number of hydrogen-bond acceptors (Lipinski definition) is 2. The van der Waals surface area contributed by atoms with Crippen molar-refractivity contribution in [3.05, 3.63) is 40.6 Å². The number of nitrogens with zero attached hydrogens (tertiary/aromatic N) is 2. The van der Waals surface area contributed by atoms with Gasteiger partial charge in [-0.2, -0.15) is 5.10 Å². The first-order valence-corrected chi connectivity index (χ1v) is 5.63. The topological polar surface area (TPSA) is 43.8 Å². The highest BCUT2D eigenvalue weighted by molar-refractivity contribution is 6.35. The van der Waals surface area contributed by atoms with Crippen molar-refractivity contribution in [1.29, 1.82) is 0 Å². The standard InChI is InChI=1S/C11H11Cl2N3/c12-10-3-8(4-11(13)5-10)9-6-15-16(7-9)2-1-14/h3-7H,1-2,14H2. The van der Waals surface area contributed by atoms with Gasteiger partial charge in [0.2, 0.25) is 0 Å². The Kier molecular flexibility index (Phi) is 3.49. The summed E-state index contributed by atoms with van der Waals surface area (Å²) in [6, 6.07) is 5.42. The SMILES string of the molecule is NCCn1cc(-c2cc(Cl)cc(Cl)c2)cn1. The molecule has 5 heteroatoms. The summed E-state index contributed by atoms with van der Waals surface area (Å²) in [5, 5.41) is 5.43. The van der Waals surface area contributed by atoms with Gasteiger partial charge in [0.25, 0.3) is 0 Å². The molecule has 1 aromatic carbocycles. The summed E-state index contributed by atoms with van der Waals surface area (Å²) in [5.74, 6) is 0. The van der Waals surface area contributed by atoms with Crippen LogP contribution in [-0.2, 0) is 6.54 Å². The van der Waals surface area contributed by atoms with E-state index >= 15 is 0 Å². The molecule has 0 bridgehead atoms. The van der Waals surface area contributed by atoms with Crippen LogP contribution in [0.25, 0.3) is 11.1 Å². The van der Waals surface area contributed by atoms with Crippen molar-refractivity contribution in [2.75, 3.05) is 6.54 Å². The van der Waals surface area contributed by atoms with Crippen molar-refractivity contribution in [2.45, 2.75) is 6.54 Å². The number of hydrogen-bond donors (Lipinski definition) is 1. The summed E-state index contributed by atoms with van der Waals surface area (Å²) in [6.45, 7) is 1.27. The Morgan fingerprint density at radius 3 is 2.44 bits per heavy atom. The second kappa shape index (κ2) is 4.87. The first-order chi connectivity index (χ1) is 7.69. The molecule has 2 rings (SSSR count). The van der Waals surface area contributed by atoms with E-state index in [1.807, 2.05) is 18.3 Å². The van der Waals surface area contributed by atoms with Crippen molar-refractivity contribution >= 4 is 23.2 Å². The summed E-state index contributed by atoms with van der Waals surface area (Å²) in [7, 11) is 0. The summed E-state index contributed by atoms with van der Waals surface area (Å²) in [5.41, 5.74) is 7.40. The normalized spacial score (nSPS) is 10.7. The Hall–Kier alpha value is -1.03. The molecule has 0 spiro atoms. The molecule has 0 atom stereocenters. The maximum Gasteiger partial charge on any atom is 0.0568 e. The molecule has 0 saturated carbocycles. The van der Waals surface area contributed by atoms with Crippen molar-refractivity contribution < 1.29 is 0 Å². The summed E-state index contributed by atoms with van der Waals surface area (Å²) >= 11 is 11.9. The minimum absolute atomic E-state index is 0.567. The molecule has 3 nitrogen and oxygen atoms in total. The Morgan fingerprint density at radius 2 is 1.81 bits per heavy atom. The highest BCUT2D eigenvalue weighted by atomic mass is 35.5. The van der Waals surface area contributed by atoms with Gasteiger partial charge in [0.15, 0.2) is 0 Å². The number of rotatable bonds is 3. The second-order valence-electron chi connectivity index (χ2n) is 3.44. The van der Waals surface area contributed by atoms with E-state index in [1.54, 1.807) is 16.9 Å². The monoisotopic (exact) mass is 255 g/mol. The van der Waals surface area contributed by atoms with Crippen molar-refractivity contribution in [1.82, 2.24) is 9.78 Å². The van der Waals surface area contributed by atoms with Gasteiger partial charge in [-0.3, -0.25) is 4.68 Å². The third kappa shape index (κ3) is 2.55. The number of halogens is 2. The van der Waals surface area contributed by atoms with Gasteiger partial charge in [0.1, 0.15) is 0 Å². The zero-order chi connectivity index (χ0) is 11.5. The van der Waals surface area contributed by atoms with Crippen LogP contribution in [0.3, 0.4) is 0 Å². The molecule has 16 heavy (non-hydrogen) atoms. The van der Waals surface area contributed by atoms with Crippen LogP contribution in [0.15, 0.2) is 30.6 Å². The van der Waals surface area contributed by atoms with Gasteiger partial charge in [-0.25, -0.2) is 0 Å². The minimum atomic E-state index is 0.567. The fraction of sp³-hybridized carbons (Fsp3) is 0.182. The molecular weight excluding hydrogens is 245 g/mol. The molecule has 0 fully saturated rings. The van der Waals surface area contributed by atoms with E-state index in [4.69, 9.17) is 28.9 Å². The fourth-order valence-corrected chi connectivity index (χ4v) is 2.01. The van der Waals surface area contributed by atoms with Gasteiger partial charge in [0.05, 0.1) is 12.7 Å². The lowest BCUT2D eigenvalue weighted by molar-refractivity contribution is 0.625. The van der Waals surface area contributed by atoms with Crippen molar-refractivity contribution in [2.24, 2.45) is 5.73 Å². The summed E-state index contributed by atoms with van der Waals surface area (Å²) in [4.78, 5) is 0. The Morgan fingerprint density at radius 1 is 1.12 bits per heavy atom. The molecule has 0 radical (unpaired) electrons. The minimum Gasteiger partial charge on any atom is -0.329 e. The molecule has 0 aliphatic heterocycles. The third-order valence-corrected chi connectivity index (χ3v) is 2.62. The molecular formula is C11H11Cl2N3. The van der Waals surface area contributed by atoms with E-state index in [-0.39, 0.29) is 0 Å². The average molecular weight is 256 g/mol. The van der Waals surface area contributed by atoms with Crippen LogP contribution in [0, 0.1) is 0 Å². The lowest BCUT2D eigenvalue weighted by atomic mass is 10.1. The van der Waals surface area contributed by atoms with Gasteiger partial charge in [-0.15, -0.1) is 0 Å². The number of nitrogens with two attached hydrogens (primary N) is 1. The maximum absolute atomic E-state index is 5.94. The van der Waals surface area contributed by atoms with Gasteiger partial charge in [-0.1, -0.05) is 23.2 Å². The van der Waals surface area contributed by atoms with E-state index in [0.29, 0.717) is 23.1 Å². The lowest BCUT2D eigenvalue weighted by Gasteiger charge is -2.00. The van der Waals surface area contributed by atoms with E-state index in [1.165, 1.54) is 0 Å². The molecule has 2 N–H and O–H groups in total. The quantitative estimate of drug-likeness (QED) is 0.917. The molecule has 0 aliphatic carbocycles. The van der Waals surface area contributed by atoms with Crippen LogP contribution in [-0.4, -0.2) is 16.3 Å². The first-order valence-electron chi connectivity index (χ1n) is 4.88. The lowest BCUT2D eigenvalue weighted by Crippen LogP contribution is -2.09. The van der Waals surface area contributed by atoms with Crippen LogP contribution >= 0.6 is 23.2 Å². The van der Waals surface area contributed by atoms with Crippen LogP contribution in [0.2, 0.25) is 10.0 Å². The maximum atomic E-state index is 5.94. The van der Waals surface area contributed by atoms with Gasteiger partial charge in [0, 0.05) is 28.4 Å². The molecule has 0 amide bonds. The highest BCUT2D eigenvalue weighted by Gasteiger charge is 2.04. The van der Waals surface area contributed by atoms with Gasteiger partial charge in [-0.05, 0) is 23.8 Å². The summed E-state index contributed by atoms with van der Waals surface area (Å²) in [6.07, 6.45) is 3.70. The molecule has 1 aromatic heterocycles. The zero-order valence-electron chi connectivity index (χ0n) is 8.53. The van der Waals surface area contributed by atoms with E-state index < -0.39 is 0 Å². The molecule has 2 aromatic rings. The average Bonchev–Trinajstić information content (AvgIpc) is 2.65. The Bertz CT molecular complexity index is 473. The molecule has 0 unspecified atom stereocenters. The van der Waals surface area contributed by atoms with E-state index in [0.717, 1.165) is 11.1 Å². The van der Waals surface area contributed by atoms with Gasteiger partial charge < -0.3 is 5.73 Å². The molecule has 0 saturated heterocycles. The Balaban J connectivity index is 2.34. The number of aromatic nitrogens is 2. The van der Waals surface area contributed by atoms with Crippen LogP contribution in [0.1, 0.15) is 0 Å². The largest absolute Gasteiger partial charge is 0.329 e. The molecule has 1 heterocycles. The predicted molar refractivity (Wildman–Crippen MR) is 66.7 cm³/mol. The first kappa shape index (κ1) is 11.5. The smallest absolute Gasteiger partial charge is 0.0568 e. The van der Waals surface area contributed by atoms with Gasteiger partial charge >= 0.3 is 0 Å². The van der Waals surface area contributed by atoms with E-state index in [2.05, 4.69) is 5.10 Å². The van der Waals surface area contributed by atoms with Crippen LogP contribution < -0.4 is 5.73 Å². The fourth-order valence-electron chi connectivity index (χ4n) is 1.49. The molecule has 84 valence electrons. The second-order valence-corrected chi connectivity index (χ2v) is 4.31. The number of benzene rings is 1. The summed E-state index contributed by atoms with van der Waals surface area (Å²) < 4.78 is 1.80. The molecule has 0 aliphatic rings. The van der Waals surface area contributed by atoms with Crippen molar-refractivity contribution in [3.63, 3.8) is 0 Å². The van der Waals surface area contributed by atoms with E-state index in [9.17, 15) is 0 Å².